The first-order valence-corrected chi connectivity index (χ1v) is 13.1. The van der Waals surface area contributed by atoms with Crippen LogP contribution in [-0.4, -0.2) is 24.4 Å². The summed E-state index contributed by atoms with van der Waals surface area (Å²) in [5.41, 5.74) is 4.35. The number of ether oxygens (including phenoxy) is 3. The highest BCUT2D eigenvalue weighted by Gasteiger charge is 2.41. The summed E-state index contributed by atoms with van der Waals surface area (Å²) in [6.45, 7) is 2.98. The van der Waals surface area contributed by atoms with Gasteiger partial charge in [0.05, 0.1) is 25.5 Å². The molecule has 0 aromatic heterocycles. The van der Waals surface area contributed by atoms with Crippen molar-refractivity contribution < 1.29 is 14.2 Å². The van der Waals surface area contributed by atoms with Gasteiger partial charge in [0.1, 0.15) is 17.2 Å². The molecule has 0 spiro atoms. The van der Waals surface area contributed by atoms with Gasteiger partial charge in [0.25, 0.3) is 0 Å². The molecule has 0 radical (unpaired) electrons. The number of rotatable bonds is 9. The highest BCUT2D eigenvalue weighted by Crippen LogP contribution is 2.48. The van der Waals surface area contributed by atoms with E-state index in [0.717, 1.165) is 63.6 Å². The molecule has 0 amide bonds. The zero-order valence-corrected chi connectivity index (χ0v) is 21.8. The first-order chi connectivity index (χ1) is 17.2. The van der Waals surface area contributed by atoms with E-state index in [1.807, 2.05) is 36.4 Å². The Morgan fingerprint density at radius 1 is 0.971 bits per heavy atom. The van der Waals surface area contributed by atoms with E-state index in [2.05, 4.69) is 58.2 Å². The Balaban J connectivity index is 1.39. The van der Waals surface area contributed by atoms with E-state index in [1.54, 1.807) is 7.11 Å². The lowest BCUT2D eigenvalue weighted by Crippen LogP contribution is -2.33. The number of benzene rings is 3. The number of nitrogens with zero attached hydrogens (tertiary/aromatic N) is 2. The molecule has 0 fully saturated rings. The minimum Gasteiger partial charge on any atom is -0.497 e. The standard InChI is InChI=1S/C29H31BrN2O3/c1-3-4-5-6-17-34-24-14-9-21(10-15-24)29-32-27(25-18-22(30)11-16-28(25)35-29)19-26(31-32)20-7-12-23(33-2)13-8-20/h7-16,18,27,29H,3-6,17,19H2,1-2H3/t27-,29-/m1/s1. The summed E-state index contributed by atoms with van der Waals surface area (Å²) in [5, 5.41) is 7.17. The number of hydrogen-bond acceptors (Lipinski definition) is 5. The molecule has 2 aliphatic heterocycles. The summed E-state index contributed by atoms with van der Waals surface area (Å²) < 4.78 is 18.8. The first kappa shape index (κ1) is 23.7. The predicted molar refractivity (Wildman–Crippen MR) is 142 cm³/mol. The second kappa shape index (κ2) is 10.7. The van der Waals surface area contributed by atoms with Gasteiger partial charge in [-0.05, 0) is 78.7 Å². The molecule has 0 bridgehead atoms. The lowest BCUT2D eigenvalue weighted by molar-refractivity contribution is -0.0191. The molecule has 0 unspecified atom stereocenters. The van der Waals surface area contributed by atoms with Gasteiger partial charge < -0.3 is 14.2 Å². The zero-order chi connectivity index (χ0) is 24.2. The number of methoxy groups -OCH3 is 1. The Labute approximate surface area is 215 Å². The van der Waals surface area contributed by atoms with Crippen molar-refractivity contribution in [3.8, 4) is 17.2 Å². The lowest BCUT2D eigenvalue weighted by atomic mass is 9.96. The van der Waals surface area contributed by atoms with Crippen molar-refractivity contribution in [2.75, 3.05) is 13.7 Å². The maximum atomic E-state index is 6.51. The Hall–Kier alpha value is -2.99. The fourth-order valence-corrected chi connectivity index (χ4v) is 5.06. The molecule has 2 heterocycles. The molecule has 2 atom stereocenters. The zero-order valence-electron chi connectivity index (χ0n) is 20.2. The van der Waals surface area contributed by atoms with E-state index in [9.17, 15) is 0 Å². The van der Waals surface area contributed by atoms with Gasteiger partial charge in [-0.25, -0.2) is 5.01 Å². The van der Waals surface area contributed by atoms with Crippen molar-refractivity contribution in [3.63, 3.8) is 0 Å². The molecular formula is C29H31BrN2O3. The highest BCUT2D eigenvalue weighted by molar-refractivity contribution is 9.10. The van der Waals surface area contributed by atoms with Gasteiger partial charge >= 0.3 is 0 Å². The maximum Gasteiger partial charge on any atom is 0.213 e. The molecule has 5 nitrogen and oxygen atoms in total. The summed E-state index contributed by atoms with van der Waals surface area (Å²) in [4.78, 5) is 0. The van der Waals surface area contributed by atoms with Crippen LogP contribution in [0, 0.1) is 0 Å². The second-order valence-corrected chi connectivity index (χ2v) is 9.92. The minimum atomic E-state index is -0.303. The smallest absolute Gasteiger partial charge is 0.213 e. The number of unbranched alkanes of at least 4 members (excludes halogenated alkanes) is 3. The molecule has 182 valence electrons. The number of hydrogen-bond donors (Lipinski definition) is 0. The van der Waals surface area contributed by atoms with Crippen molar-refractivity contribution in [2.45, 2.75) is 51.3 Å². The molecule has 3 aromatic carbocycles. The van der Waals surface area contributed by atoms with E-state index < -0.39 is 0 Å². The van der Waals surface area contributed by atoms with E-state index in [-0.39, 0.29) is 12.3 Å². The summed E-state index contributed by atoms with van der Waals surface area (Å²) in [5.74, 6) is 2.64. The molecule has 35 heavy (non-hydrogen) atoms. The molecule has 0 saturated heterocycles. The van der Waals surface area contributed by atoms with Crippen molar-refractivity contribution in [1.29, 1.82) is 0 Å². The molecule has 0 saturated carbocycles. The van der Waals surface area contributed by atoms with Gasteiger partial charge in [-0.15, -0.1) is 0 Å². The molecule has 0 aliphatic carbocycles. The molecule has 2 aliphatic rings. The largest absolute Gasteiger partial charge is 0.497 e. The topological polar surface area (TPSA) is 43.3 Å². The van der Waals surface area contributed by atoms with Crippen LogP contribution in [0.1, 0.15) is 68.0 Å². The van der Waals surface area contributed by atoms with Crippen LogP contribution in [-0.2, 0) is 0 Å². The Morgan fingerprint density at radius 2 is 1.74 bits per heavy atom. The minimum absolute atomic E-state index is 0.104. The van der Waals surface area contributed by atoms with Gasteiger partial charge in [-0.1, -0.05) is 42.1 Å². The molecule has 6 heteroatoms. The molecular weight excluding hydrogens is 504 g/mol. The van der Waals surface area contributed by atoms with Gasteiger partial charge in [-0.2, -0.15) is 5.10 Å². The first-order valence-electron chi connectivity index (χ1n) is 12.4. The SMILES string of the molecule is CCCCCCOc1ccc([C@H]2Oc3ccc(Br)cc3[C@H]3CC(c4ccc(OC)cc4)=NN32)cc1. The third-order valence-electron chi connectivity index (χ3n) is 6.61. The molecule has 3 aromatic rings. The van der Waals surface area contributed by atoms with Gasteiger partial charge in [-0.3, -0.25) is 0 Å². The summed E-state index contributed by atoms with van der Waals surface area (Å²) in [6.07, 6.45) is 5.31. The third-order valence-corrected chi connectivity index (χ3v) is 7.10. The van der Waals surface area contributed by atoms with Crippen LogP contribution in [0.15, 0.2) is 76.3 Å². The van der Waals surface area contributed by atoms with Crippen LogP contribution in [0.4, 0.5) is 0 Å². The normalized spacial score (nSPS) is 18.4. The number of hydrazone groups is 1. The van der Waals surface area contributed by atoms with Crippen LogP contribution in [0.25, 0.3) is 0 Å². The van der Waals surface area contributed by atoms with Gasteiger partial charge in [0.15, 0.2) is 0 Å². The number of halogens is 1. The third kappa shape index (κ3) is 5.18. The fraction of sp³-hybridized carbons (Fsp3) is 0.345. The van der Waals surface area contributed by atoms with Crippen LogP contribution in [0.2, 0.25) is 0 Å². The van der Waals surface area contributed by atoms with E-state index in [0.29, 0.717) is 0 Å². The molecule has 5 rings (SSSR count). The van der Waals surface area contributed by atoms with Crippen LogP contribution >= 0.6 is 15.9 Å². The average Bonchev–Trinajstić information content (AvgIpc) is 3.35. The van der Waals surface area contributed by atoms with Crippen molar-refractivity contribution in [3.05, 3.63) is 87.9 Å². The van der Waals surface area contributed by atoms with Crippen molar-refractivity contribution in [2.24, 2.45) is 5.10 Å². The fourth-order valence-electron chi connectivity index (χ4n) is 4.68. The van der Waals surface area contributed by atoms with Crippen LogP contribution in [0.5, 0.6) is 17.2 Å². The maximum absolute atomic E-state index is 6.51. The highest BCUT2D eigenvalue weighted by atomic mass is 79.9. The second-order valence-electron chi connectivity index (χ2n) is 9.01. The Kier molecular flexibility index (Phi) is 7.28. The summed E-state index contributed by atoms with van der Waals surface area (Å²) in [7, 11) is 1.68. The monoisotopic (exact) mass is 534 g/mol. The van der Waals surface area contributed by atoms with Crippen LogP contribution < -0.4 is 14.2 Å². The van der Waals surface area contributed by atoms with Gasteiger partial charge in [0.2, 0.25) is 6.23 Å². The van der Waals surface area contributed by atoms with Gasteiger partial charge in [0, 0.05) is 22.0 Å². The van der Waals surface area contributed by atoms with Crippen molar-refractivity contribution in [1.82, 2.24) is 5.01 Å². The number of fused-ring (bicyclic) bond motifs is 3. The Bertz CT molecular complexity index is 1180. The summed E-state index contributed by atoms with van der Waals surface area (Å²) >= 11 is 3.63. The van der Waals surface area contributed by atoms with E-state index in [4.69, 9.17) is 19.3 Å². The average molecular weight is 535 g/mol. The van der Waals surface area contributed by atoms with E-state index >= 15 is 0 Å². The van der Waals surface area contributed by atoms with Crippen molar-refractivity contribution >= 4 is 21.6 Å². The lowest BCUT2D eigenvalue weighted by Gasteiger charge is -2.38. The Morgan fingerprint density at radius 3 is 2.49 bits per heavy atom. The molecule has 0 N–H and O–H groups in total. The van der Waals surface area contributed by atoms with E-state index in [1.165, 1.54) is 19.3 Å². The quantitative estimate of drug-likeness (QED) is 0.264. The summed E-state index contributed by atoms with van der Waals surface area (Å²) in [6, 6.07) is 22.7. The van der Waals surface area contributed by atoms with Crippen LogP contribution in [0.3, 0.4) is 0 Å². The predicted octanol–water partition coefficient (Wildman–Crippen LogP) is 7.66.